The third-order valence-electron chi connectivity index (χ3n) is 4.71. The van der Waals surface area contributed by atoms with E-state index in [-0.39, 0.29) is 34.2 Å². The van der Waals surface area contributed by atoms with Gasteiger partial charge in [0.25, 0.3) is 5.56 Å². The van der Waals surface area contributed by atoms with E-state index in [1.165, 1.54) is 12.4 Å². The first kappa shape index (κ1) is 23.8. The van der Waals surface area contributed by atoms with Crippen LogP contribution in [0.1, 0.15) is 23.5 Å². The predicted molar refractivity (Wildman–Crippen MR) is 114 cm³/mol. The van der Waals surface area contributed by atoms with Crippen molar-refractivity contribution in [3.63, 3.8) is 0 Å². The van der Waals surface area contributed by atoms with Gasteiger partial charge in [0, 0.05) is 36.5 Å². The Bertz CT molecular complexity index is 1340. The highest BCUT2D eigenvalue weighted by atomic mass is 32.1. The summed E-state index contributed by atoms with van der Waals surface area (Å²) in [5.41, 5.74) is 2.94. The molecule has 2 heterocycles. The van der Waals surface area contributed by atoms with Gasteiger partial charge in [0.05, 0.1) is 16.8 Å². The van der Waals surface area contributed by atoms with Crippen molar-refractivity contribution in [1.29, 1.82) is 5.41 Å². The van der Waals surface area contributed by atoms with Crippen molar-refractivity contribution in [2.45, 2.75) is 18.5 Å². The van der Waals surface area contributed by atoms with Crippen LogP contribution in [-0.4, -0.2) is 26.7 Å². The van der Waals surface area contributed by atoms with Crippen molar-refractivity contribution in [2.75, 3.05) is 11.1 Å². The molecule has 0 radical (unpaired) electrons. The van der Waals surface area contributed by atoms with Gasteiger partial charge in [0.15, 0.2) is 5.13 Å². The molecule has 1 amide bonds. The fourth-order valence-electron chi connectivity index (χ4n) is 3.00. The number of aromatic nitrogens is 3. The monoisotopic (exact) mass is 484 g/mol. The lowest BCUT2D eigenvalue weighted by atomic mass is 9.98. The zero-order chi connectivity index (χ0) is 24.5. The lowest BCUT2D eigenvalue weighted by Gasteiger charge is -2.14. The molecule has 9 nitrogen and oxygen atoms in total. The molecule has 0 aliphatic heterocycles. The van der Waals surface area contributed by atoms with E-state index in [1.807, 2.05) is 0 Å². The zero-order valence-corrected chi connectivity index (χ0v) is 17.6. The number of benzene rings is 1. The molecule has 1 atom stereocenters. The summed E-state index contributed by atoms with van der Waals surface area (Å²) < 4.78 is 52.9. The molecule has 0 saturated carbocycles. The van der Waals surface area contributed by atoms with Crippen LogP contribution in [0.25, 0.3) is 11.3 Å². The Kier molecular flexibility index (Phi) is 6.48. The number of hydrogen-bond donors (Lipinski definition) is 4. The normalized spacial score (nSPS) is 12.4. The van der Waals surface area contributed by atoms with Crippen molar-refractivity contribution >= 4 is 34.4 Å². The molecule has 3 rings (SSSR count). The maximum Gasteiger partial charge on any atom is 0.419 e. The van der Waals surface area contributed by atoms with Crippen molar-refractivity contribution in [2.24, 2.45) is 7.05 Å². The number of nitrogen functional groups attached to an aromatic ring is 1. The molecular formula is C19H16F4N6O3S. The van der Waals surface area contributed by atoms with Crippen LogP contribution in [0.5, 0.6) is 0 Å². The van der Waals surface area contributed by atoms with Gasteiger partial charge in [-0.1, -0.05) is 6.07 Å². The molecule has 3 aromatic rings. The lowest BCUT2D eigenvalue weighted by molar-refractivity contribution is -0.140. The van der Waals surface area contributed by atoms with Gasteiger partial charge in [-0.15, -0.1) is 11.3 Å². The molecule has 2 aromatic heterocycles. The number of nitrogens with one attached hydrogen (secondary N) is 3. The molecule has 33 heavy (non-hydrogen) atoms. The van der Waals surface area contributed by atoms with Crippen LogP contribution in [0, 0.1) is 11.2 Å². The number of nitrogens with zero attached hydrogens (tertiary/aromatic N) is 2. The average molecular weight is 484 g/mol. The fourth-order valence-corrected chi connectivity index (χ4v) is 3.73. The Morgan fingerprint density at radius 2 is 2.09 bits per heavy atom. The van der Waals surface area contributed by atoms with Gasteiger partial charge in [-0.3, -0.25) is 19.1 Å². The smallest absolute Gasteiger partial charge is 0.385 e. The first-order valence-corrected chi connectivity index (χ1v) is 10.0. The summed E-state index contributed by atoms with van der Waals surface area (Å²) in [6.45, 7) is 0. The predicted octanol–water partition coefficient (Wildman–Crippen LogP) is 2.70. The minimum absolute atomic E-state index is 0.0707. The van der Waals surface area contributed by atoms with Gasteiger partial charge in [-0.25, -0.2) is 14.2 Å². The van der Waals surface area contributed by atoms with Gasteiger partial charge in [-0.2, -0.15) is 13.2 Å². The number of amides is 1. The minimum Gasteiger partial charge on any atom is -0.385 e. The van der Waals surface area contributed by atoms with E-state index in [0.717, 1.165) is 28.2 Å². The highest BCUT2D eigenvalue weighted by Crippen LogP contribution is 2.34. The van der Waals surface area contributed by atoms with Crippen LogP contribution in [-0.2, 0) is 18.0 Å². The number of hydrogen-bond acceptors (Lipinski definition) is 7. The van der Waals surface area contributed by atoms with Crippen LogP contribution in [0.4, 0.5) is 28.5 Å². The SMILES string of the molecule is Cn1c(N)c(C(C=N)CC(=O)Nc2nc(-c3ccc(C(F)(F)F)c(F)c3)cs2)c(=O)[nH]c1=O. The molecular weight excluding hydrogens is 468 g/mol. The topological polar surface area (TPSA) is 147 Å². The quantitative estimate of drug-likeness (QED) is 0.314. The molecule has 14 heteroatoms. The number of H-pyrrole nitrogens is 1. The molecule has 5 N–H and O–H groups in total. The minimum atomic E-state index is -4.83. The highest BCUT2D eigenvalue weighted by Gasteiger charge is 2.34. The van der Waals surface area contributed by atoms with Crippen molar-refractivity contribution in [3.8, 4) is 11.3 Å². The number of aromatic amines is 1. The first-order valence-electron chi connectivity index (χ1n) is 9.14. The number of carbonyl (C=O) groups excluding carboxylic acids is 1. The van der Waals surface area contributed by atoms with Crippen molar-refractivity contribution < 1.29 is 22.4 Å². The summed E-state index contributed by atoms with van der Waals surface area (Å²) in [5.74, 6) is -3.32. The molecule has 1 unspecified atom stereocenters. The largest absolute Gasteiger partial charge is 0.419 e. The van der Waals surface area contributed by atoms with Gasteiger partial charge in [0.2, 0.25) is 5.91 Å². The van der Waals surface area contributed by atoms with E-state index in [2.05, 4.69) is 15.3 Å². The average Bonchev–Trinajstić information content (AvgIpc) is 3.18. The second-order valence-corrected chi connectivity index (χ2v) is 7.73. The van der Waals surface area contributed by atoms with E-state index in [9.17, 15) is 31.9 Å². The second-order valence-electron chi connectivity index (χ2n) is 6.87. The lowest BCUT2D eigenvalue weighted by Crippen LogP contribution is -2.35. The van der Waals surface area contributed by atoms with E-state index in [0.29, 0.717) is 12.1 Å². The Labute approximate surface area is 186 Å². The van der Waals surface area contributed by atoms with Gasteiger partial charge in [-0.05, 0) is 12.1 Å². The Morgan fingerprint density at radius 1 is 1.39 bits per heavy atom. The molecule has 0 spiro atoms. The summed E-state index contributed by atoms with van der Waals surface area (Å²) >= 11 is 0.947. The molecule has 0 fully saturated rings. The number of carbonyl (C=O) groups is 1. The number of alkyl halides is 3. The molecule has 0 bridgehead atoms. The fraction of sp³-hybridized carbons (Fsp3) is 0.211. The molecule has 0 aliphatic rings. The number of nitrogens with two attached hydrogens (primary N) is 1. The Hall–Kier alpha value is -3.81. The first-order chi connectivity index (χ1) is 15.4. The maximum absolute atomic E-state index is 13.8. The number of anilines is 2. The number of halogens is 4. The van der Waals surface area contributed by atoms with Gasteiger partial charge in [0.1, 0.15) is 11.6 Å². The summed E-state index contributed by atoms with van der Waals surface area (Å²) in [6, 6.07) is 2.36. The summed E-state index contributed by atoms with van der Waals surface area (Å²) in [5, 5.41) is 11.5. The number of thiazole rings is 1. The van der Waals surface area contributed by atoms with Gasteiger partial charge < -0.3 is 16.5 Å². The van der Waals surface area contributed by atoms with Crippen LogP contribution < -0.4 is 22.3 Å². The van der Waals surface area contributed by atoms with E-state index in [1.54, 1.807) is 0 Å². The maximum atomic E-state index is 13.8. The standard InChI is InChI=1S/C19H16F4N6O3S/c1-29-15(25)14(16(31)28-18(29)32)9(6-24)5-13(30)27-17-26-12(7-33-17)8-2-3-10(11(20)4-8)19(21,22)23/h2-4,6-7,9,24H,5,25H2,1H3,(H,26,27,30)(H,28,31,32). The van der Waals surface area contributed by atoms with Crippen LogP contribution >= 0.6 is 11.3 Å². The number of rotatable bonds is 6. The third-order valence-corrected chi connectivity index (χ3v) is 5.46. The van der Waals surface area contributed by atoms with Crippen molar-refractivity contribution in [1.82, 2.24) is 14.5 Å². The Morgan fingerprint density at radius 3 is 2.70 bits per heavy atom. The van der Waals surface area contributed by atoms with Crippen LogP contribution in [0.15, 0.2) is 33.2 Å². The summed E-state index contributed by atoms with van der Waals surface area (Å²) in [7, 11) is 1.32. The van der Waals surface area contributed by atoms with Crippen LogP contribution in [0.3, 0.4) is 0 Å². The highest BCUT2D eigenvalue weighted by molar-refractivity contribution is 7.14. The Balaban J connectivity index is 1.77. The molecule has 0 aliphatic carbocycles. The second kappa shape index (κ2) is 8.97. The van der Waals surface area contributed by atoms with Crippen molar-refractivity contribution in [3.05, 3.63) is 61.4 Å². The summed E-state index contributed by atoms with van der Waals surface area (Å²) in [4.78, 5) is 42.3. The van der Waals surface area contributed by atoms with E-state index >= 15 is 0 Å². The molecule has 0 saturated heterocycles. The zero-order valence-electron chi connectivity index (χ0n) is 16.8. The van der Waals surface area contributed by atoms with E-state index in [4.69, 9.17) is 11.1 Å². The van der Waals surface area contributed by atoms with E-state index < -0.39 is 40.6 Å². The van der Waals surface area contributed by atoms with Gasteiger partial charge >= 0.3 is 11.9 Å². The molecule has 174 valence electrons. The summed E-state index contributed by atoms with van der Waals surface area (Å²) in [6.07, 6.45) is -4.37. The molecule has 1 aromatic carbocycles. The third kappa shape index (κ3) is 5.00. The van der Waals surface area contributed by atoms with Crippen LogP contribution in [0.2, 0.25) is 0 Å².